The first-order valence-electron chi connectivity index (χ1n) is 8.83. The predicted molar refractivity (Wildman–Crippen MR) is 103 cm³/mol. The third-order valence-electron chi connectivity index (χ3n) is 4.63. The van der Waals surface area contributed by atoms with Crippen LogP contribution < -0.4 is 0 Å². The van der Waals surface area contributed by atoms with Gasteiger partial charge in [0.25, 0.3) is 0 Å². The molecule has 0 amide bonds. The van der Waals surface area contributed by atoms with E-state index in [1.807, 2.05) is 44.3 Å². The van der Waals surface area contributed by atoms with Crippen LogP contribution >= 0.6 is 0 Å². The molecule has 0 atom stereocenters. The number of hydrogen-bond acceptors (Lipinski definition) is 4. The van der Waals surface area contributed by atoms with E-state index in [2.05, 4.69) is 15.6 Å². The number of carbonyl (C=O) groups is 1. The lowest BCUT2D eigenvalue weighted by Gasteiger charge is -2.09. The monoisotopic (exact) mass is 359 g/mol. The number of nitrogens with zero attached hydrogens (tertiary/aromatic N) is 3. The van der Waals surface area contributed by atoms with Crippen LogP contribution in [-0.2, 0) is 11.3 Å². The molecule has 5 heteroatoms. The summed E-state index contributed by atoms with van der Waals surface area (Å²) in [4.78, 5) is 16.9. The van der Waals surface area contributed by atoms with Crippen LogP contribution in [0.15, 0.2) is 48.8 Å². The van der Waals surface area contributed by atoms with E-state index in [4.69, 9.17) is 10.00 Å². The summed E-state index contributed by atoms with van der Waals surface area (Å²) in [5.41, 5.74) is 5.78. The summed E-state index contributed by atoms with van der Waals surface area (Å²) in [5, 5.41) is 9.04. The minimum Gasteiger partial charge on any atom is -0.462 e. The number of carbonyl (C=O) groups excluding carboxylic acids is 1. The second-order valence-corrected chi connectivity index (χ2v) is 6.28. The summed E-state index contributed by atoms with van der Waals surface area (Å²) >= 11 is 0. The molecule has 2 heterocycles. The zero-order chi connectivity index (χ0) is 19.4. The molecular formula is C22H21N3O2. The highest BCUT2D eigenvalue weighted by Gasteiger charge is 2.25. The van der Waals surface area contributed by atoms with Gasteiger partial charge in [-0.15, -0.1) is 0 Å². The molecule has 136 valence electrons. The number of pyridine rings is 1. The van der Waals surface area contributed by atoms with Gasteiger partial charge in [0.05, 0.1) is 23.8 Å². The number of nitriles is 1. The lowest BCUT2D eigenvalue weighted by atomic mass is 9.99. The van der Waals surface area contributed by atoms with Gasteiger partial charge in [-0.1, -0.05) is 18.2 Å². The predicted octanol–water partition coefficient (Wildman–Crippen LogP) is 4.26. The number of hydrogen-bond donors (Lipinski definition) is 0. The van der Waals surface area contributed by atoms with Crippen molar-refractivity contribution in [3.63, 3.8) is 0 Å². The Hall–Kier alpha value is -3.39. The average molecular weight is 359 g/mol. The molecule has 3 aromatic rings. The average Bonchev–Trinajstić information content (AvgIpc) is 2.94. The van der Waals surface area contributed by atoms with E-state index < -0.39 is 0 Å². The Bertz CT molecular complexity index is 997. The van der Waals surface area contributed by atoms with E-state index in [0.717, 1.165) is 28.1 Å². The van der Waals surface area contributed by atoms with Gasteiger partial charge in [-0.2, -0.15) is 5.26 Å². The van der Waals surface area contributed by atoms with E-state index >= 15 is 0 Å². The first kappa shape index (κ1) is 18.4. The number of benzene rings is 1. The quantitative estimate of drug-likeness (QED) is 0.638. The summed E-state index contributed by atoms with van der Waals surface area (Å²) < 4.78 is 7.43. The number of aromatic nitrogens is 2. The highest BCUT2D eigenvalue weighted by Crippen LogP contribution is 2.33. The molecule has 0 aliphatic heterocycles. The molecule has 27 heavy (non-hydrogen) atoms. The van der Waals surface area contributed by atoms with Crippen molar-refractivity contribution in [3.8, 4) is 17.2 Å². The van der Waals surface area contributed by atoms with Crippen LogP contribution in [0.1, 0.15) is 39.8 Å². The molecule has 1 aromatic carbocycles. The molecule has 3 rings (SSSR count). The fourth-order valence-electron chi connectivity index (χ4n) is 3.31. The number of rotatable bonds is 5. The number of esters is 1. The molecule has 2 aromatic heterocycles. The van der Waals surface area contributed by atoms with Crippen LogP contribution in [0.2, 0.25) is 0 Å². The van der Waals surface area contributed by atoms with Crippen molar-refractivity contribution in [1.82, 2.24) is 9.55 Å². The van der Waals surface area contributed by atoms with Crippen molar-refractivity contribution in [1.29, 1.82) is 5.26 Å². The van der Waals surface area contributed by atoms with Gasteiger partial charge in [-0.05, 0) is 50.1 Å². The van der Waals surface area contributed by atoms with Crippen LogP contribution in [0, 0.1) is 25.2 Å². The Balaban J connectivity index is 2.16. The highest BCUT2D eigenvalue weighted by molar-refractivity contribution is 5.99. The Morgan fingerprint density at radius 1 is 1.19 bits per heavy atom. The second-order valence-electron chi connectivity index (χ2n) is 6.28. The molecule has 0 aliphatic carbocycles. The topological polar surface area (TPSA) is 67.9 Å². The maximum atomic E-state index is 12.7. The van der Waals surface area contributed by atoms with Crippen LogP contribution in [-0.4, -0.2) is 22.1 Å². The zero-order valence-corrected chi connectivity index (χ0v) is 15.7. The zero-order valence-electron chi connectivity index (χ0n) is 15.7. The van der Waals surface area contributed by atoms with Gasteiger partial charge in [0.1, 0.15) is 0 Å². The maximum absolute atomic E-state index is 12.7. The third-order valence-corrected chi connectivity index (χ3v) is 4.63. The van der Waals surface area contributed by atoms with Crippen LogP contribution in [0.4, 0.5) is 0 Å². The lowest BCUT2D eigenvalue weighted by Crippen LogP contribution is -2.09. The molecule has 0 bridgehead atoms. The Morgan fingerprint density at radius 3 is 2.52 bits per heavy atom. The van der Waals surface area contributed by atoms with Crippen molar-refractivity contribution >= 4 is 5.97 Å². The largest absolute Gasteiger partial charge is 0.462 e. The standard InChI is InChI=1S/C22H21N3O2/c1-4-27-22(26)21-16(3)25(14-18-6-5-11-24-13-18)15(2)20(21)19-9-7-17(12-23)8-10-19/h5-11,13H,4,14H2,1-3H3. The molecule has 0 unspecified atom stereocenters. The van der Waals surface area contributed by atoms with E-state index in [0.29, 0.717) is 24.3 Å². The normalized spacial score (nSPS) is 10.4. The molecule has 5 nitrogen and oxygen atoms in total. The van der Waals surface area contributed by atoms with Crippen molar-refractivity contribution < 1.29 is 9.53 Å². The van der Waals surface area contributed by atoms with Gasteiger partial charge in [0.2, 0.25) is 0 Å². The molecule has 0 aliphatic rings. The molecule has 0 saturated carbocycles. The molecule has 0 spiro atoms. The first-order chi connectivity index (χ1) is 13.1. The molecule has 0 N–H and O–H groups in total. The van der Waals surface area contributed by atoms with Crippen molar-refractivity contribution in [2.45, 2.75) is 27.3 Å². The molecule has 0 fully saturated rings. The summed E-state index contributed by atoms with van der Waals surface area (Å²) in [5.74, 6) is -0.331. The lowest BCUT2D eigenvalue weighted by molar-refractivity contribution is 0.0526. The summed E-state index contributed by atoms with van der Waals surface area (Å²) in [6.45, 7) is 6.67. The van der Waals surface area contributed by atoms with Crippen molar-refractivity contribution in [3.05, 3.63) is 76.9 Å². The summed E-state index contributed by atoms with van der Waals surface area (Å²) in [6, 6.07) is 13.3. The Morgan fingerprint density at radius 2 is 1.93 bits per heavy atom. The fraction of sp³-hybridized carbons (Fsp3) is 0.227. The molecular weight excluding hydrogens is 338 g/mol. The summed E-state index contributed by atoms with van der Waals surface area (Å²) in [6.07, 6.45) is 3.56. The minimum absolute atomic E-state index is 0.317. The maximum Gasteiger partial charge on any atom is 0.340 e. The van der Waals surface area contributed by atoms with Crippen LogP contribution in [0.5, 0.6) is 0 Å². The third kappa shape index (κ3) is 3.61. The first-order valence-corrected chi connectivity index (χ1v) is 8.83. The van der Waals surface area contributed by atoms with E-state index in [9.17, 15) is 4.79 Å². The van der Waals surface area contributed by atoms with E-state index in [-0.39, 0.29) is 5.97 Å². The van der Waals surface area contributed by atoms with Crippen molar-refractivity contribution in [2.24, 2.45) is 0 Å². The van der Waals surface area contributed by atoms with Gasteiger partial charge in [-0.3, -0.25) is 4.98 Å². The van der Waals surface area contributed by atoms with E-state index in [1.165, 1.54) is 0 Å². The Kier molecular flexibility index (Phi) is 5.37. The summed E-state index contributed by atoms with van der Waals surface area (Å²) in [7, 11) is 0. The fourth-order valence-corrected chi connectivity index (χ4v) is 3.31. The highest BCUT2D eigenvalue weighted by atomic mass is 16.5. The SMILES string of the molecule is CCOC(=O)c1c(-c2ccc(C#N)cc2)c(C)n(Cc2cccnc2)c1C. The van der Waals surface area contributed by atoms with Gasteiger partial charge in [0.15, 0.2) is 0 Å². The smallest absolute Gasteiger partial charge is 0.340 e. The van der Waals surface area contributed by atoms with Crippen LogP contribution in [0.3, 0.4) is 0 Å². The number of ether oxygens (including phenoxy) is 1. The molecule has 0 saturated heterocycles. The van der Waals surface area contributed by atoms with Gasteiger partial charge >= 0.3 is 5.97 Å². The second kappa shape index (κ2) is 7.88. The van der Waals surface area contributed by atoms with Gasteiger partial charge in [0, 0.05) is 35.9 Å². The Labute approximate surface area is 158 Å². The van der Waals surface area contributed by atoms with Gasteiger partial charge < -0.3 is 9.30 Å². The van der Waals surface area contributed by atoms with Crippen LogP contribution in [0.25, 0.3) is 11.1 Å². The van der Waals surface area contributed by atoms with Crippen molar-refractivity contribution in [2.75, 3.05) is 6.61 Å². The van der Waals surface area contributed by atoms with Gasteiger partial charge in [-0.25, -0.2) is 4.79 Å². The minimum atomic E-state index is -0.331. The molecule has 0 radical (unpaired) electrons. The van der Waals surface area contributed by atoms with E-state index in [1.54, 1.807) is 25.3 Å².